The Hall–Kier alpha value is -6.04. The number of phenols is 8. The summed E-state index contributed by atoms with van der Waals surface area (Å²) in [4.78, 5) is 26.2. The number of fused-ring (bicyclic) bond motifs is 2. The van der Waals surface area contributed by atoms with Gasteiger partial charge in [-0.3, -0.25) is 9.59 Å². The summed E-state index contributed by atoms with van der Waals surface area (Å²) in [5, 5.41) is 82.4. The van der Waals surface area contributed by atoms with E-state index < -0.39 is 68.5 Å². The maximum absolute atomic E-state index is 13.2. The standard InChI is InChI=1S/C30H20O12/c31-12-6-17(35)26-20(38)10-23(41-24(26)7-12)13-2-4-15(33)29(40)25(13)28-19(37)8-18(36)27-21(39)9-22(42-30(27)28)11-1-3-14(32)16(34)5-11/h1-9,23,31-37,40H,10H2/t23-/m0/s1. The van der Waals surface area contributed by atoms with Gasteiger partial charge in [-0.25, -0.2) is 0 Å². The molecule has 0 unspecified atom stereocenters. The molecule has 0 aliphatic carbocycles. The fourth-order valence-electron chi connectivity index (χ4n) is 5.09. The van der Waals surface area contributed by atoms with E-state index in [9.17, 15) is 50.4 Å². The third kappa shape index (κ3) is 4.01. The largest absolute Gasteiger partial charge is 0.508 e. The first-order chi connectivity index (χ1) is 19.9. The molecule has 0 spiro atoms. The number of hydrogen-bond donors (Lipinski definition) is 8. The van der Waals surface area contributed by atoms with E-state index in [2.05, 4.69) is 0 Å². The van der Waals surface area contributed by atoms with Gasteiger partial charge in [-0.05, 0) is 24.3 Å². The minimum absolute atomic E-state index is 0.0322. The van der Waals surface area contributed by atoms with Crippen LogP contribution < -0.4 is 10.2 Å². The average Bonchev–Trinajstić information content (AvgIpc) is 2.91. The number of hydrogen-bond acceptors (Lipinski definition) is 12. The van der Waals surface area contributed by atoms with E-state index in [-0.39, 0.29) is 51.5 Å². The number of aromatic hydroxyl groups is 8. The summed E-state index contributed by atoms with van der Waals surface area (Å²) in [5.74, 6) is -5.50. The first kappa shape index (κ1) is 26.2. The van der Waals surface area contributed by atoms with Crippen molar-refractivity contribution in [3.63, 3.8) is 0 Å². The van der Waals surface area contributed by atoms with E-state index in [1.54, 1.807) is 0 Å². The molecule has 0 amide bonds. The van der Waals surface area contributed by atoms with Crippen LogP contribution in [-0.4, -0.2) is 46.6 Å². The van der Waals surface area contributed by atoms with Gasteiger partial charge in [0.2, 0.25) is 0 Å². The molecule has 2 heterocycles. The van der Waals surface area contributed by atoms with Crippen LogP contribution in [0.5, 0.6) is 51.7 Å². The van der Waals surface area contributed by atoms with Gasteiger partial charge in [0.05, 0.1) is 12.0 Å². The summed E-state index contributed by atoms with van der Waals surface area (Å²) >= 11 is 0. The Bertz CT molecular complexity index is 2020. The number of rotatable bonds is 3. The highest BCUT2D eigenvalue weighted by molar-refractivity contribution is 6.04. The van der Waals surface area contributed by atoms with Crippen LogP contribution in [0.4, 0.5) is 0 Å². The van der Waals surface area contributed by atoms with Gasteiger partial charge in [0.1, 0.15) is 51.6 Å². The third-order valence-corrected chi connectivity index (χ3v) is 6.99. The van der Waals surface area contributed by atoms with Gasteiger partial charge in [0.25, 0.3) is 0 Å². The molecule has 0 saturated heterocycles. The highest BCUT2D eigenvalue weighted by atomic mass is 16.5. The zero-order valence-corrected chi connectivity index (χ0v) is 21.2. The minimum atomic E-state index is -1.19. The molecule has 0 radical (unpaired) electrons. The van der Waals surface area contributed by atoms with Crippen molar-refractivity contribution in [1.82, 2.24) is 0 Å². The van der Waals surface area contributed by atoms with E-state index in [0.29, 0.717) is 0 Å². The Morgan fingerprint density at radius 1 is 0.643 bits per heavy atom. The normalized spacial score (nSPS) is 14.5. The number of carbonyl (C=O) groups is 1. The molecule has 1 atom stereocenters. The monoisotopic (exact) mass is 572 g/mol. The molecule has 8 N–H and O–H groups in total. The lowest BCUT2D eigenvalue weighted by molar-refractivity contribution is 0.0845. The quantitative estimate of drug-likeness (QED) is 0.140. The maximum Gasteiger partial charge on any atom is 0.197 e. The average molecular weight is 572 g/mol. The fourth-order valence-corrected chi connectivity index (χ4v) is 5.09. The Balaban J connectivity index is 1.63. The number of benzene rings is 4. The second-order valence-corrected chi connectivity index (χ2v) is 9.64. The van der Waals surface area contributed by atoms with Crippen molar-refractivity contribution < 1.29 is 54.8 Å². The molecule has 0 fully saturated rings. The van der Waals surface area contributed by atoms with Gasteiger partial charge < -0.3 is 50.0 Å². The SMILES string of the molecule is O=C1C[C@@H](c2ccc(O)c(O)c2-c2c(O)cc(O)c3c(=O)cc(-c4ccc(O)c(O)c4)oc23)Oc2cc(O)cc(O)c21. The van der Waals surface area contributed by atoms with Crippen LogP contribution in [0.2, 0.25) is 0 Å². The molecule has 1 aliphatic rings. The summed E-state index contributed by atoms with van der Waals surface area (Å²) in [6, 6.07) is 9.96. The molecule has 0 saturated carbocycles. The van der Waals surface area contributed by atoms with Crippen LogP contribution in [0.25, 0.3) is 33.4 Å². The van der Waals surface area contributed by atoms with Crippen LogP contribution in [0.1, 0.15) is 28.4 Å². The van der Waals surface area contributed by atoms with Gasteiger partial charge in [-0.1, -0.05) is 6.07 Å². The van der Waals surface area contributed by atoms with Crippen LogP contribution in [0.3, 0.4) is 0 Å². The molecular weight excluding hydrogens is 552 g/mol. The Morgan fingerprint density at radius 3 is 2.10 bits per heavy atom. The number of ether oxygens (including phenoxy) is 1. The number of phenolic OH excluding ortho intramolecular Hbond substituents is 8. The van der Waals surface area contributed by atoms with E-state index in [1.165, 1.54) is 12.1 Å². The van der Waals surface area contributed by atoms with Crippen molar-refractivity contribution in [3.8, 4) is 74.2 Å². The van der Waals surface area contributed by atoms with Crippen LogP contribution in [0, 0.1) is 0 Å². The van der Waals surface area contributed by atoms with Crippen LogP contribution in [0.15, 0.2) is 63.8 Å². The second kappa shape index (κ2) is 9.27. The summed E-state index contributed by atoms with van der Waals surface area (Å²) in [6.45, 7) is 0. The molecule has 12 nitrogen and oxygen atoms in total. The molecule has 1 aliphatic heterocycles. The van der Waals surface area contributed by atoms with E-state index in [0.717, 1.165) is 42.5 Å². The molecular formula is C30H20O12. The molecule has 42 heavy (non-hydrogen) atoms. The topological polar surface area (TPSA) is 218 Å². The maximum atomic E-state index is 13.2. The van der Waals surface area contributed by atoms with Crippen molar-refractivity contribution in [1.29, 1.82) is 0 Å². The predicted molar refractivity (Wildman–Crippen MR) is 145 cm³/mol. The zero-order valence-electron chi connectivity index (χ0n) is 21.2. The van der Waals surface area contributed by atoms with Crippen molar-refractivity contribution >= 4 is 16.8 Å². The van der Waals surface area contributed by atoms with Crippen molar-refractivity contribution in [3.05, 3.63) is 75.9 Å². The molecule has 12 heteroatoms. The molecule has 5 aromatic rings. The summed E-state index contributed by atoms with van der Waals surface area (Å²) in [6.07, 6.45) is -1.57. The minimum Gasteiger partial charge on any atom is -0.508 e. The Kier molecular flexibility index (Phi) is 5.78. The second-order valence-electron chi connectivity index (χ2n) is 9.64. The molecule has 212 valence electrons. The Labute approximate surface area is 234 Å². The molecule has 1 aromatic heterocycles. The molecule has 0 bridgehead atoms. The smallest absolute Gasteiger partial charge is 0.197 e. The van der Waals surface area contributed by atoms with Crippen molar-refractivity contribution in [2.75, 3.05) is 0 Å². The molecule has 6 rings (SSSR count). The van der Waals surface area contributed by atoms with Gasteiger partial charge in [-0.15, -0.1) is 0 Å². The molecule has 4 aromatic carbocycles. The Morgan fingerprint density at radius 2 is 1.36 bits per heavy atom. The van der Waals surface area contributed by atoms with Crippen LogP contribution >= 0.6 is 0 Å². The first-order valence-corrected chi connectivity index (χ1v) is 12.3. The van der Waals surface area contributed by atoms with Gasteiger partial charge >= 0.3 is 0 Å². The first-order valence-electron chi connectivity index (χ1n) is 12.3. The highest BCUT2D eigenvalue weighted by Gasteiger charge is 2.35. The third-order valence-electron chi connectivity index (χ3n) is 6.99. The number of carbonyl (C=O) groups excluding carboxylic acids is 1. The van der Waals surface area contributed by atoms with Gasteiger partial charge in [0, 0.05) is 41.0 Å². The fraction of sp³-hybridized carbons (Fsp3) is 0.0667. The van der Waals surface area contributed by atoms with E-state index >= 15 is 0 Å². The summed E-state index contributed by atoms with van der Waals surface area (Å²) < 4.78 is 11.9. The highest BCUT2D eigenvalue weighted by Crippen LogP contribution is 2.52. The number of Topliss-reactive ketones (excluding diaryl/α,β-unsaturated/α-hetero) is 1. The number of ketones is 1. The van der Waals surface area contributed by atoms with Gasteiger partial charge in [-0.2, -0.15) is 0 Å². The summed E-state index contributed by atoms with van der Waals surface area (Å²) in [7, 11) is 0. The van der Waals surface area contributed by atoms with E-state index in [1.807, 2.05) is 0 Å². The lowest BCUT2D eigenvalue weighted by atomic mass is 9.88. The van der Waals surface area contributed by atoms with Crippen molar-refractivity contribution in [2.24, 2.45) is 0 Å². The van der Waals surface area contributed by atoms with Gasteiger partial charge in [0.15, 0.2) is 39.8 Å². The zero-order chi connectivity index (χ0) is 30.0. The lowest BCUT2D eigenvalue weighted by Gasteiger charge is -2.28. The van der Waals surface area contributed by atoms with Crippen molar-refractivity contribution in [2.45, 2.75) is 12.5 Å². The predicted octanol–water partition coefficient (Wildman–Crippen LogP) is 4.48. The van der Waals surface area contributed by atoms with Crippen LogP contribution in [-0.2, 0) is 0 Å². The lowest BCUT2D eigenvalue weighted by Crippen LogP contribution is -2.21. The van der Waals surface area contributed by atoms with E-state index in [4.69, 9.17) is 9.15 Å². The summed E-state index contributed by atoms with van der Waals surface area (Å²) in [5.41, 5.74) is -1.86.